The maximum absolute atomic E-state index is 10.5. The molecule has 462 valence electrons. The third-order valence-electron chi connectivity index (χ3n) is 12.2. The molecule has 6 aromatic rings. The summed E-state index contributed by atoms with van der Waals surface area (Å²) in [7, 11) is -3.45. The van der Waals surface area contributed by atoms with Gasteiger partial charge in [-0.2, -0.15) is 0 Å². The van der Waals surface area contributed by atoms with Crippen LogP contribution in [0.5, 0.6) is 23.0 Å². The fourth-order valence-corrected chi connectivity index (χ4v) is 7.44. The van der Waals surface area contributed by atoms with E-state index in [-0.39, 0.29) is 54.9 Å². The Hall–Kier alpha value is -7.30. The van der Waals surface area contributed by atoms with Gasteiger partial charge in [0.05, 0.1) is 49.1 Å². The average molecular weight is 1220 g/mol. The van der Waals surface area contributed by atoms with Crippen LogP contribution in [0.1, 0.15) is 128 Å². The van der Waals surface area contributed by atoms with Gasteiger partial charge in [0.15, 0.2) is 60.4 Å². The van der Waals surface area contributed by atoms with Gasteiger partial charge in [-0.25, -0.2) is 26.0 Å². The summed E-state index contributed by atoms with van der Waals surface area (Å²) in [6.45, 7) is 7.57. The number of aldehydes is 2. The largest absolute Gasteiger partial charge is 1.00 e. The Bertz CT molecular complexity index is 3210. The van der Waals surface area contributed by atoms with E-state index < -0.39 is 38.9 Å². The molecule has 0 saturated carbocycles. The molecule has 2 aromatic heterocycles. The van der Waals surface area contributed by atoms with Crippen LogP contribution in [-0.2, 0) is 61.9 Å². The van der Waals surface area contributed by atoms with Gasteiger partial charge >= 0.3 is 1.43 Å². The number of carbonyl (C=O) groups excluding carboxylic acids is 2. The van der Waals surface area contributed by atoms with Gasteiger partial charge in [0.1, 0.15) is 26.7 Å². The number of aromatic hydroxyl groups is 4. The fraction of sp³-hybridized carbons (Fsp3) is 0.344. The molecule has 8 atom stereocenters. The van der Waals surface area contributed by atoms with E-state index >= 15 is 0 Å². The van der Waals surface area contributed by atoms with Crippen LogP contribution >= 0.6 is 0 Å². The molecular weight excluding hydrogens is 1140 g/mol. The molecule has 85 heavy (non-hydrogen) atoms. The number of hydrogen-bond acceptors (Lipinski definition) is 20. The lowest BCUT2D eigenvalue weighted by molar-refractivity contribution is -0.671. The maximum Gasteiger partial charge on any atom is 1.00 e. The second-order valence-corrected chi connectivity index (χ2v) is 22.7. The number of rotatable bonds is 15. The molecule has 0 radical (unpaired) electrons. The fourth-order valence-electron chi connectivity index (χ4n) is 7.44. The SMILES string of the molecule is CCC(C)O.CCC1CC(C2CC(CC(C)O)OC(c3ccc(O)c(O)c3)O2)OC(c2ccc(/C=C/c3cc[n+](C)cc3)cc2)O1.CS(=O)(=O)O[O-].CS(=O)(=O)O[O-].C[n+]1ccc(/C=C/c2ccc(C=O)cc2)cc1.O=Cc1ccc(O)c(O)c1.[H+]. The van der Waals surface area contributed by atoms with E-state index in [2.05, 4.69) is 70.2 Å². The van der Waals surface area contributed by atoms with Crippen molar-refractivity contribution in [1.29, 1.82) is 0 Å². The Labute approximate surface area is 497 Å². The van der Waals surface area contributed by atoms with Gasteiger partial charge in [0.25, 0.3) is 20.2 Å². The number of hydrogen-bond donors (Lipinski definition) is 6. The van der Waals surface area contributed by atoms with E-state index in [4.69, 9.17) is 44.8 Å². The molecule has 24 heteroatoms. The van der Waals surface area contributed by atoms with Gasteiger partial charge in [-0.15, -0.1) is 0 Å². The number of nitrogens with zero attached hydrogens (tertiary/aromatic N) is 2. The van der Waals surface area contributed by atoms with Crippen molar-refractivity contribution in [3.63, 3.8) is 0 Å². The summed E-state index contributed by atoms with van der Waals surface area (Å²) in [5, 5.41) is 73.6. The van der Waals surface area contributed by atoms with Gasteiger partial charge in [-0.05, 0) is 85.7 Å². The Morgan fingerprint density at radius 3 is 1.25 bits per heavy atom. The Balaban J connectivity index is 0.000000454. The zero-order valence-electron chi connectivity index (χ0n) is 49.4. The monoisotopic (exact) mass is 1220 g/mol. The number of pyridine rings is 2. The lowest BCUT2D eigenvalue weighted by Gasteiger charge is -2.44. The summed E-state index contributed by atoms with van der Waals surface area (Å²) >= 11 is 0. The molecule has 22 nitrogen and oxygen atoms in total. The van der Waals surface area contributed by atoms with E-state index in [0.29, 0.717) is 54.8 Å². The van der Waals surface area contributed by atoms with Crippen molar-refractivity contribution in [3.8, 4) is 23.0 Å². The van der Waals surface area contributed by atoms with E-state index in [1.165, 1.54) is 30.3 Å². The summed E-state index contributed by atoms with van der Waals surface area (Å²) in [5.74, 6) is -0.942. The normalized spacial score (nSPS) is 19.1. The van der Waals surface area contributed by atoms with E-state index in [1.807, 2.05) is 97.4 Å². The molecule has 0 amide bonds. The molecule has 0 spiro atoms. The summed E-state index contributed by atoms with van der Waals surface area (Å²) in [6.07, 6.45) is 19.7. The molecule has 6 N–H and O–H groups in total. The molecule has 8 unspecified atom stereocenters. The minimum absolute atomic E-state index is 0. The molecule has 2 saturated heterocycles. The van der Waals surface area contributed by atoms with Crippen LogP contribution in [-0.4, -0.2) is 109 Å². The van der Waals surface area contributed by atoms with Crippen LogP contribution in [0.25, 0.3) is 24.3 Å². The molecule has 4 aromatic carbocycles. The van der Waals surface area contributed by atoms with Crippen LogP contribution in [0.4, 0.5) is 0 Å². The van der Waals surface area contributed by atoms with Gasteiger partial charge < -0.3 is 68.8 Å². The number of carbonyl (C=O) groups is 2. The lowest BCUT2D eigenvalue weighted by Crippen LogP contribution is -2.47. The smallest absolute Gasteiger partial charge is 0.707 e. The molecule has 0 bridgehead atoms. The lowest BCUT2D eigenvalue weighted by atomic mass is 9.95. The number of aromatic nitrogens is 2. The molecule has 2 fully saturated rings. The van der Waals surface area contributed by atoms with E-state index in [9.17, 15) is 41.7 Å². The highest BCUT2D eigenvalue weighted by molar-refractivity contribution is 7.86. The minimum atomic E-state index is -3.72. The van der Waals surface area contributed by atoms with Crippen molar-refractivity contribution in [2.75, 3.05) is 12.5 Å². The average Bonchev–Trinajstić information content (AvgIpc) is 1.51. The van der Waals surface area contributed by atoms with Gasteiger partial charge in [-0.3, -0.25) is 9.59 Å². The first-order chi connectivity index (χ1) is 40.2. The van der Waals surface area contributed by atoms with Crippen molar-refractivity contribution < 1.29 is 106 Å². The molecule has 4 heterocycles. The summed E-state index contributed by atoms with van der Waals surface area (Å²) in [6, 6.07) is 32.3. The minimum Gasteiger partial charge on any atom is -0.707 e. The van der Waals surface area contributed by atoms with Crippen LogP contribution in [0.15, 0.2) is 134 Å². The molecule has 2 aliphatic heterocycles. The quantitative estimate of drug-likeness (QED) is 0.0223. The number of aliphatic hydroxyl groups is 2. The van der Waals surface area contributed by atoms with Crippen molar-refractivity contribution >= 4 is 57.1 Å². The Morgan fingerprint density at radius 1 is 0.529 bits per heavy atom. The zero-order chi connectivity index (χ0) is 63.3. The predicted molar refractivity (Wildman–Crippen MR) is 312 cm³/mol. The van der Waals surface area contributed by atoms with Gasteiger partial charge in [0.2, 0.25) is 0 Å². The summed E-state index contributed by atoms with van der Waals surface area (Å²) < 4.78 is 72.6. The van der Waals surface area contributed by atoms with Crippen LogP contribution in [0.2, 0.25) is 0 Å². The zero-order valence-corrected chi connectivity index (χ0v) is 50.1. The number of benzene rings is 4. The highest BCUT2D eigenvalue weighted by atomic mass is 32.2. The number of aliphatic hydroxyl groups excluding tert-OH is 2. The van der Waals surface area contributed by atoms with Crippen molar-refractivity contribution in [1.82, 2.24) is 0 Å². The van der Waals surface area contributed by atoms with E-state index in [0.717, 1.165) is 46.9 Å². The van der Waals surface area contributed by atoms with Crippen molar-refractivity contribution in [2.24, 2.45) is 14.1 Å². The first-order valence-electron chi connectivity index (χ1n) is 26.6. The summed E-state index contributed by atoms with van der Waals surface area (Å²) in [5.41, 5.74) is 7.02. The van der Waals surface area contributed by atoms with Crippen LogP contribution in [0.3, 0.4) is 0 Å². The van der Waals surface area contributed by atoms with Crippen molar-refractivity contribution in [3.05, 3.63) is 178 Å². The number of ether oxygens (including phenoxy) is 4. The predicted octanol–water partition coefficient (Wildman–Crippen LogP) is 6.09. The molecule has 2 aliphatic rings. The van der Waals surface area contributed by atoms with Crippen LogP contribution in [0, 0.1) is 0 Å². The highest BCUT2D eigenvalue weighted by Gasteiger charge is 2.41. The topological polar surface area (TPSA) is 333 Å². The second kappa shape index (κ2) is 36.5. The van der Waals surface area contributed by atoms with Gasteiger partial charge in [-0.1, -0.05) is 92.7 Å². The third-order valence-corrected chi connectivity index (χ3v) is 12.7. The standard InChI is InChI=1S/C33H39NO7.C15H14NO.C7H6O3.C4H10O.2CH4O4S/c1-4-26-19-30(31-20-27(17-21(2)35)39-33(41-31)25-11-12-28(36)29(37)18-25)40-32(38-26)24-9-7-22(8-10-24)5-6-23-13-15-34(3)16-14-23;1-16-10-8-14(9-11-16)3-2-13-4-6-15(12-17)7-5-13;8-4-5-1-2-6(9)7(10)3-5;1-3-4(2)5;2*1-6(3,4)5-2/h5-16,18,21,26-27,30-33,35H,4,17,19-20H2,1-3H3,(H-,36,37);2-12H,1H3;1-4,9-10H;4-5H,3H2,1-2H3;2*2H,1H3/q;+1;;;;/b6-5+;3-2+;;;;. The molecule has 0 aliphatic carbocycles. The highest BCUT2D eigenvalue weighted by Crippen LogP contribution is 2.41. The first-order valence-corrected chi connectivity index (χ1v) is 30.2. The van der Waals surface area contributed by atoms with E-state index in [1.54, 1.807) is 19.9 Å². The summed E-state index contributed by atoms with van der Waals surface area (Å²) in [4.78, 5) is 20.6. The Kier molecular flexibility index (Phi) is 30.9. The second-order valence-electron chi connectivity index (χ2n) is 19.6. The Morgan fingerprint density at radius 2 is 0.871 bits per heavy atom. The van der Waals surface area contributed by atoms with Gasteiger partial charge in [0, 0.05) is 59.4 Å². The first kappa shape index (κ1) is 72.0. The van der Waals surface area contributed by atoms with Crippen LogP contribution < -0.4 is 19.6 Å². The third kappa shape index (κ3) is 28.4. The van der Waals surface area contributed by atoms with Crippen molar-refractivity contribution in [2.45, 2.75) is 109 Å². The number of phenolic OH excluding ortho intramolecular Hbond substituents is 4. The maximum atomic E-state index is 10.5. The number of aryl methyl sites for hydroxylation is 2. The molecule has 8 rings (SSSR count). The number of phenols is 4. The molecular formula is C61H77N2O20S2+.